The average Bonchev–Trinajstić information content (AvgIpc) is 3.02. The van der Waals surface area contributed by atoms with Gasteiger partial charge in [0.25, 0.3) is 5.91 Å². The molecule has 2 N–H and O–H groups in total. The van der Waals surface area contributed by atoms with E-state index in [0.29, 0.717) is 17.7 Å². The second kappa shape index (κ2) is 6.51. The van der Waals surface area contributed by atoms with Crippen molar-refractivity contribution >= 4 is 17.5 Å². The molecule has 3 rings (SSSR count). The first-order chi connectivity index (χ1) is 10.7. The SMILES string of the molecule is O=C(Nc1ccc(NC2CCCC2)nn1)c1cccc(F)c1. The van der Waals surface area contributed by atoms with Crippen molar-refractivity contribution in [3.8, 4) is 0 Å². The first-order valence-electron chi connectivity index (χ1n) is 7.38. The monoisotopic (exact) mass is 300 g/mol. The Morgan fingerprint density at radius 3 is 2.50 bits per heavy atom. The summed E-state index contributed by atoms with van der Waals surface area (Å²) < 4.78 is 13.1. The van der Waals surface area contributed by atoms with E-state index in [1.807, 2.05) is 0 Å². The summed E-state index contributed by atoms with van der Waals surface area (Å²) >= 11 is 0. The number of rotatable bonds is 4. The van der Waals surface area contributed by atoms with Crippen molar-refractivity contribution in [3.63, 3.8) is 0 Å². The minimum Gasteiger partial charge on any atom is -0.366 e. The highest BCUT2D eigenvalue weighted by Crippen LogP contribution is 2.21. The lowest BCUT2D eigenvalue weighted by molar-refractivity contribution is 0.102. The van der Waals surface area contributed by atoms with Crippen LogP contribution < -0.4 is 10.6 Å². The summed E-state index contributed by atoms with van der Waals surface area (Å²) in [4.78, 5) is 12.0. The summed E-state index contributed by atoms with van der Waals surface area (Å²) in [6.45, 7) is 0. The van der Waals surface area contributed by atoms with Crippen LogP contribution in [0.3, 0.4) is 0 Å². The topological polar surface area (TPSA) is 66.9 Å². The van der Waals surface area contributed by atoms with Crippen molar-refractivity contribution in [3.05, 3.63) is 47.8 Å². The number of nitrogens with zero attached hydrogens (tertiary/aromatic N) is 2. The van der Waals surface area contributed by atoms with E-state index >= 15 is 0 Å². The van der Waals surface area contributed by atoms with Crippen LogP contribution in [0.15, 0.2) is 36.4 Å². The molecule has 2 aromatic rings. The lowest BCUT2D eigenvalue weighted by Crippen LogP contribution is -2.17. The fourth-order valence-corrected chi connectivity index (χ4v) is 2.57. The molecule has 1 aliphatic rings. The number of carbonyl (C=O) groups excluding carboxylic acids is 1. The summed E-state index contributed by atoms with van der Waals surface area (Å²) in [6, 6.07) is 9.43. The number of hydrogen-bond donors (Lipinski definition) is 2. The molecule has 1 fully saturated rings. The lowest BCUT2D eigenvalue weighted by atomic mass is 10.2. The van der Waals surface area contributed by atoms with Gasteiger partial charge in [0.2, 0.25) is 0 Å². The predicted molar refractivity (Wildman–Crippen MR) is 82.3 cm³/mol. The van der Waals surface area contributed by atoms with Crippen LogP contribution in [0.2, 0.25) is 0 Å². The smallest absolute Gasteiger partial charge is 0.256 e. The fourth-order valence-electron chi connectivity index (χ4n) is 2.57. The number of halogens is 1. The Labute approximate surface area is 128 Å². The molecule has 0 saturated heterocycles. The molecule has 1 aromatic heterocycles. The van der Waals surface area contributed by atoms with Crippen molar-refractivity contribution < 1.29 is 9.18 Å². The van der Waals surface area contributed by atoms with E-state index in [-0.39, 0.29) is 5.56 Å². The average molecular weight is 300 g/mol. The summed E-state index contributed by atoms with van der Waals surface area (Å²) in [5.74, 6) is 0.182. The Balaban J connectivity index is 1.61. The van der Waals surface area contributed by atoms with E-state index in [1.54, 1.807) is 18.2 Å². The van der Waals surface area contributed by atoms with Crippen LogP contribution in [0.5, 0.6) is 0 Å². The maximum atomic E-state index is 13.1. The number of carbonyl (C=O) groups is 1. The quantitative estimate of drug-likeness (QED) is 0.909. The zero-order valence-electron chi connectivity index (χ0n) is 12.1. The van der Waals surface area contributed by atoms with E-state index in [1.165, 1.54) is 31.0 Å². The van der Waals surface area contributed by atoms with Crippen LogP contribution in [0.1, 0.15) is 36.0 Å². The van der Waals surface area contributed by atoms with Gasteiger partial charge in [0.05, 0.1) is 0 Å². The van der Waals surface area contributed by atoms with Gasteiger partial charge in [-0.3, -0.25) is 4.79 Å². The molecule has 1 heterocycles. The number of nitrogens with one attached hydrogen (secondary N) is 2. The molecule has 1 saturated carbocycles. The van der Waals surface area contributed by atoms with Gasteiger partial charge in [0.1, 0.15) is 11.6 Å². The van der Waals surface area contributed by atoms with Gasteiger partial charge in [-0.25, -0.2) is 4.39 Å². The molecule has 0 spiro atoms. The van der Waals surface area contributed by atoms with E-state index in [2.05, 4.69) is 20.8 Å². The number of aromatic nitrogens is 2. The third kappa shape index (κ3) is 3.58. The van der Waals surface area contributed by atoms with Crippen LogP contribution in [-0.4, -0.2) is 22.1 Å². The van der Waals surface area contributed by atoms with Crippen molar-refractivity contribution in [1.82, 2.24) is 10.2 Å². The van der Waals surface area contributed by atoms with Crippen LogP contribution in [0.4, 0.5) is 16.0 Å². The molecule has 1 aliphatic carbocycles. The Morgan fingerprint density at radius 1 is 1.09 bits per heavy atom. The molecule has 0 bridgehead atoms. The van der Waals surface area contributed by atoms with Gasteiger partial charge in [-0.2, -0.15) is 0 Å². The molecule has 22 heavy (non-hydrogen) atoms. The van der Waals surface area contributed by atoms with E-state index in [4.69, 9.17) is 0 Å². The first-order valence-corrected chi connectivity index (χ1v) is 7.38. The molecule has 0 atom stereocenters. The van der Waals surface area contributed by atoms with Gasteiger partial charge in [-0.15, -0.1) is 10.2 Å². The number of amides is 1. The molecule has 1 aromatic carbocycles. The van der Waals surface area contributed by atoms with E-state index in [0.717, 1.165) is 12.8 Å². The summed E-state index contributed by atoms with van der Waals surface area (Å²) in [5.41, 5.74) is 0.245. The van der Waals surface area contributed by atoms with Gasteiger partial charge in [0.15, 0.2) is 5.82 Å². The summed E-state index contributed by atoms with van der Waals surface area (Å²) in [6.07, 6.45) is 4.79. The maximum Gasteiger partial charge on any atom is 0.256 e. The Kier molecular flexibility index (Phi) is 4.27. The van der Waals surface area contributed by atoms with Crippen molar-refractivity contribution in [2.45, 2.75) is 31.7 Å². The van der Waals surface area contributed by atoms with E-state index < -0.39 is 11.7 Å². The van der Waals surface area contributed by atoms with E-state index in [9.17, 15) is 9.18 Å². The number of hydrogen-bond acceptors (Lipinski definition) is 4. The lowest BCUT2D eigenvalue weighted by Gasteiger charge is -2.12. The van der Waals surface area contributed by atoms with Crippen LogP contribution in [0.25, 0.3) is 0 Å². The van der Waals surface area contributed by atoms with Gasteiger partial charge in [-0.1, -0.05) is 18.9 Å². The Hall–Kier alpha value is -2.50. The maximum absolute atomic E-state index is 13.1. The second-order valence-corrected chi connectivity index (χ2v) is 5.39. The highest BCUT2D eigenvalue weighted by molar-refractivity contribution is 6.03. The molecule has 5 nitrogen and oxygen atoms in total. The standard InChI is InChI=1S/C16H17FN4O/c17-12-5-3-4-11(10-12)16(22)19-15-9-8-14(20-21-15)18-13-6-1-2-7-13/h3-5,8-10,13H,1-2,6-7H2,(H,18,20)(H,19,21,22). The Bertz CT molecular complexity index is 653. The van der Waals surface area contributed by atoms with Crippen molar-refractivity contribution in [2.24, 2.45) is 0 Å². The summed E-state index contributed by atoms with van der Waals surface area (Å²) in [7, 11) is 0. The van der Waals surface area contributed by atoms with Crippen molar-refractivity contribution in [2.75, 3.05) is 10.6 Å². The normalized spacial score (nSPS) is 14.8. The van der Waals surface area contributed by atoms with Gasteiger partial charge < -0.3 is 10.6 Å². The molecular weight excluding hydrogens is 283 g/mol. The molecule has 0 radical (unpaired) electrons. The zero-order valence-corrected chi connectivity index (χ0v) is 12.1. The molecule has 1 amide bonds. The second-order valence-electron chi connectivity index (χ2n) is 5.39. The first kappa shape index (κ1) is 14.4. The third-order valence-electron chi connectivity index (χ3n) is 3.70. The molecule has 114 valence electrons. The number of anilines is 2. The van der Waals surface area contributed by atoms with Crippen LogP contribution in [0, 0.1) is 5.82 Å². The summed E-state index contributed by atoms with van der Waals surface area (Å²) in [5, 5.41) is 14.0. The Morgan fingerprint density at radius 2 is 1.82 bits per heavy atom. The van der Waals surface area contributed by atoms with Gasteiger partial charge in [-0.05, 0) is 43.2 Å². The minimum atomic E-state index is -0.449. The molecular formula is C16H17FN4O. The van der Waals surface area contributed by atoms with Crippen LogP contribution in [-0.2, 0) is 0 Å². The predicted octanol–water partition coefficient (Wildman–Crippen LogP) is 3.22. The molecule has 6 heteroatoms. The highest BCUT2D eigenvalue weighted by atomic mass is 19.1. The third-order valence-corrected chi connectivity index (χ3v) is 3.70. The van der Waals surface area contributed by atoms with Gasteiger partial charge >= 0.3 is 0 Å². The fraction of sp³-hybridized carbons (Fsp3) is 0.312. The highest BCUT2D eigenvalue weighted by Gasteiger charge is 2.15. The molecule has 0 unspecified atom stereocenters. The van der Waals surface area contributed by atoms with Crippen LogP contribution >= 0.6 is 0 Å². The minimum absolute atomic E-state index is 0.245. The van der Waals surface area contributed by atoms with Gasteiger partial charge in [0, 0.05) is 11.6 Å². The number of benzene rings is 1. The molecule has 0 aliphatic heterocycles. The van der Waals surface area contributed by atoms with Crippen molar-refractivity contribution in [1.29, 1.82) is 0 Å². The zero-order chi connectivity index (χ0) is 15.4. The largest absolute Gasteiger partial charge is 0.366 e.